The minimum Gasteiger partial charge on any atom is -0.367 e. The van der Waals surface area contributed by atoms with Gasteiger partial charge in [0.1, 0.15) is 0 Å². The highest BCUT2D eigenvalue weighted by Crippen LogP contribution is 2.08. The summed E-state index contributed by atoms with van der Waals surface area (Å²) in [5.74, 6) is -0.0838. The predicted molar refractivity (Wildman–Crippen MR) is 72.9 cm³/mol. The summed E-state index contributed by atoms with van der Waals surface area (Å²) in [6.45, 7) is 2.57. The molecule has 1 amide bonds. The fourth-order valence-corrected chi connectivity index (χ4v) is 1.66. The van der Waals surface area contributed by atoms with Crippen molar-refractivity contribution in [3.05, 3.63) is 65.5 Å². The van der Waals surface area contributed by atoms with Gasteiger partial charge in [-0.3, -0.25) is 4.79 Å². The normalized spacial score (nSPS) is 10.7. The molecule has 3 heteroatoms. The number of aryl methyl sites for hydroxylation is 1. The van der Waals surface area contributed by atoms with E-state index < -0.39 is 0 Å². The van der Waals surface area contributed by atoms with E-state index in [1.165, 1.54) is 0 Å². The van der Waals surface area contributed by atoms with E-state index >= 15 is 0 Å². The summed E-state index contributed by atoms with van der Waals surface area (Å²) >= 11 is 0. The average molecular weight is 240 g/mol. The number of aromatic amines is 1. The van der Waals surface area contributed by atoms with Gasteiger partial charge >= 0.3 is 0 Å². The molecule has 0 aliphatic carbocycles. The number of rotatable bonds is 4. The van der Waals surface area contributed by atoms with E-state index in [0.29, 0.717) is 6.54 Å². The molecular weight excluding hydrogens is 224 g/mol. The van der Waals surface area contributed by atoms with Crippen molar-refractivity contribution in [3.8, 4) is 0 Å². The van der Waals surface area contributed by atoms with Crippen LogP contribution in [0.5, 0.6) is 0 Å². The Labute approximate surface area is 107 Å². The summed E-state index contributed by atoms with van der Waals surface area (Å²) in [5, 5.41) is 2.83. The zero-order chi connectivity index (χ0) is 12.8. The second-order valence-electron chi connectivity index (χ2n) is 4.13. The van der Waals surface area contributed by atoms with Crippen LogP contribution in [0.25, 0.3) is 6.08 Å². The van der Waals surface area contributed by atoms with E-state index in [1.54, 1.807) is 6.08 Å². The molecule has 0 unspecified atom stereocenters. The van der Waals surface area contributed by atoms with Crippen LogP contribution in [0.2, 0.25) is 0 Å². The monoisotopic (exact) mass is 240 g/mol. The zero-order valence-electron chi connectivity index (χ0n) is 10.3. The molecule has 1 aromatic heterocycles. The number of nitrogens with one attached hydrogen (secondary N) is 2. The number of hydrogen-bond donors (Lipinski definition) is 2. The van der Waals surface area contributed by atoms with E-state index in [4.69, 9.17) is 0 Å². The minimum absolute atomic E-state index is 0.0838. The summed E-state index contributed by atoms with van der Waals surface area (Å²) in [6.07, 6.45) is 7.10. The summed E-state index contributed by atoms with van der Waals surface area (Å²) in [7, 11) is 0. The van der Waals surface area contributed by atoms with Gasteiger partial charge in [-0.1, -0.05) is 24.3 Å². The van der Waals surface area contributed by atoms with Crippen molar-refractivity contribution >= 4 is 12.0 Å². The van der Waals surface area contributed by atoms with Gasteiger partial charge in [0.2, 0.25) is 5.91 Å². The molecule has 2 N–H and O–H groups in total. The topological polar surface area (TPSA) is 44.9 Å². The quantitative estimate of drug-likeness (QED) is 0.793. The number of hydrogen-bond acceptors (Lipinski definition) is 1. The predicted octanol–water partition coefficient (Wildman–Crippen LogP) is 2.65. The van der Waals surface area contributed by atoms with E-state index in [0.717, 1.165) is 16.7 Å². The van der Waals surface area contributed by atoms with Crippen molar-refractivity contribution in [3.63, 3.8) is 0 Å². The van der Waals surface area contributed by atoms with Crippen molar-refractivity contribution in [2.24, 2.45) is 0 Å². The number of carbonyl (C=O) groups excluding carboxylic acids is 1. The summed E-state index contributed by atoms with van der Waals surface area (Å²) < 4.78 is 0. The highest BCUT2D eigenvalue weighted by molar-refractivity contribution is 5.91. The summed E-state index contributed by atoms with van der Waals surface area (Å²) in [5.41, 5.74) is 3.29. The van der Waals surface area contributed by atoms with Gasteiger partial charge in [0.25, 0.3) is 0 Å². The molecule has 0 spiro atoms. The first-order chi connectivity index (χ1) is 8.75. The highest BCUT2D eigenvalue weighted by Gasteiger charge is 1.97. The Balaban J connectivity index is 1.89. The lowest BCUT2D eigenvalue weighted by Crippen LogP contribution is -2.19. The summed E-state index contributed by atoms with van der Waals surface area (Å²) in [4.78, 5) is 14.6. The van der Waals surface area contributed by atoms with E-state index in [1.807, 2.05) is 55.7 Å². The Hall–Kier alpha value is -2.29. The van der Waals surface area contributed by atoms with Gasteiger partial charge < -0.3 is 10.3 Å². The van der Waals surface area contributed by atoms with Crippen molar-refractivity contribution in [1.82, 2.24) is 10.3 Å². The molecule has 0 fully saturated rings. The van der Waals surface area contributed by atoms with Crippen LogP contribution in [0.15, 0.2) is 48.8 Å². The van der Waals surface area contributed by atoms with Gasteiger partial charge in [0.15, 0.2) is 0 Å². The molecule has 2 aromatic rings. The Morgan fingerprint density at radius 2 is 2.17 bits per heavy atom. The number of benzene rings is 1. The van der Waals surface area contributed by atoms with Gasteiger partial charge in [0.05, 0.1) is 0 Å². The third-order valence-electron chi connectivity index (χ3n) is 2.73. The smallest absolute Gasteiger partial charge is 0.244 e. The number of amides is 1. The summed E-state index contributed by atoms with van der Waals surface area (Å²) in [6, 6.07) is 9.90. The molecule has 1 heterocycles. The van der Waals surface area contributed by atoms with Crippen LogP contribution in [0.4, 0.5) is 0 Å². The largest absolute Gasteiger partial charge is 0.367 e. The van der Waals surface area contributed by atoms with E-state index in [-0.39, 0.29) is 5.91 Å². The SMILES string of the molecule is Cc1ccccc1/C=C/C(=O)NCc1cc[nH]c1. The van der Waals surface area contributed by atoms with Gasteiger partial charge in [-0.15, -0.1) is 0 Å². The zero-order valence-corrected chi connectivity index (χ0v) is 10.3. The van der Waals surface area contributed by atoms with Crippen LogP contribution in [0, 0.1) is 6.92 Å². The average Bonchev–Trinajstić information content (AvgIpc) is 2.88. The molecule has 3 nitrogen and oxygen atoms in total. The van der Waals surface area contributed by atoms with Crippen LogP contribution in [0.3, 0.4) is 0 Å². The first-order valence-electron chi connectivity index (χ1n) is 5.89. The molecule has 0 bridgehead atoms. The third kappa shape index (κ3) is 3.35. The lowest BCUT2D eigenvalue weighted by atomic mass is 10.1. The Morgan fingerprint density at radius 1 is 1.33 bits per heavy atom. The molecule has 0 saturated carbocycles. The number of H-pyrrole nitrogens is 1. The number of aromatic nitrogens is 1. The molecule has 92 valence electrons. The first kappa shape index (κ1) is 12.2. The van der Waals surface area contributed by atoms with Crippen molar-refractivity contribution in [1.29, 1.82) is 0 Å². The van der Waals surface area contributed by atoms with Gasteiger partial charge in [0, 0.05) is 25.0 Å². The lowest BCUT2D eigenvalue weighted by Gasteiger charge is -2.00. The molecule has 1 aromatic carbocycles. The van der Waals surface area contributed by atoms with Crippen molar-refractivity contribution in [2.75, 3.05) is 0 Å². The standard InChI is InChI=1S/C15H16N2O/c1-12-4-2-3-5-14(12)6-7-15(18)17-11-13-8-9-16-10-13/h2-10,16H,11H2,1H3,(H,17,18)/b7-6+. The maximum atomic E-state index is 11.6. The number of carbonyl (C=O) groups is 1. The Bertz CT molecular complexity index is 541. The third-order valence-corrected chi connectivity index (χ3v) is 2.73. The van der Waals surface area contributed by atoms with Gasteiger partial charge in [-0.2, -0.15) is 0 Å². The first-order valence-corrected chi connectivity index (χ1v) is 5.89. The fraction of sp³-hybridized carbons (Fsp3) is 0.133. The van der Waals surface area contributed by atoms with Crippen LogP contribution in [-0.4, -0.2) is 10.9 Å². The van der Waals surface area contributed by atoms with Gasteiger partial charge in [-0.05, 0) is 35.8 Å². The van der Waals surface area contributed by atoms with Crippen molar-refractivity contribution < 1.29 is 4.79 Å². The molecule has 0 saturated heterocycles. The molecule has 0 aliphatic rings. The van der Waals surface area contributed by atoms with Crippen LogP contribution in [-0.2, 0) is 11.3 Å². The molecule has 2 rings (SSSR count). The maximum Gasteiger partial charge on any atom is 0.244 e. The molecule has 0 radical (unpaired) electrons. The van der Waals surface area contributed by atoms with Crippen LogP contribution in [0.1, 0.15) is 16.7 Å². The molecule has 0 aliphatic heterocycles. The molecular formula is C15H16N2O. The lowest BCUT2D eigenvalue weighted by molar-refractivity contribution is -0.116. The Morgan fingerprint density at radius 3 is 2.89 bits per heavy atom. The second-order valence-corrected chi connectivity index (χ2v) is 4.13. The van der Waals surface area contributed by atoms with E-state index in [9.17, 15) is 4.79 Å². The second kappa shape index (κ2) is 5.87. The molecule has 18 heavy (non-hydrogen) atoms. The molecule has 0 atom stereocenters. The maximum absolute atomic E-state index is 11.6. The minimum atomic E-state index is -0.0838. The van der Waals surface area contributed by atoms with Gasteiger partial charge in [-0.25, -0.2) is 0 Å². The highest BCUT2D eigenvalue weighted by atomic mass is 16.1. The van der Waals surface area contributed by atoms with E-state index in [2.05, 4.69) is 10.3 Å². The fourth-order valence-electron chi connectivity index (χ4n) is 1.66. The Kier molecular flexibility index (Phi) is 3.97. The van der Waals surface area contributed by atoms with Crippen LogP contribution >= 0.6 is 0 Å². The van der Waals surface area contributed by atoms with Crippen molar-refractivity contribution in [2.45, 2.75) is 13.5 Å². The van der Waals surface area contributed by atoms with Crippen LogP contribution < -0.4 is 5.32 Å².